The Hall–Kier alpha value is -1.59. The number of hydrogen-bond donors (Lipinski definition) is 3. The average molecular weight is 354 g/mol. The van der Waals surface area contributed by atoms with Crippen molar-refractivity contribution in [1.82, 2.24) is 5.32 Å². The maximum absolute atomic E-state index is 12.2. The van der Waals surface area contributed by atoms with E-state index in [2.05, 4.69) is 10.6 Å². The molecule has 1 saturated carbocycles. The fourth-order valence-electron chi connectivity index (χ4n) is 3.05. The minimum absolute atomic E-state index is 0. The van der Waals surface area contributed by atoms with Gasteiger partial charge in [0.2, 0.25) is 5.91 Å². The van der Waals surface area contributed by atoms with Crippen molar-refractivity contribution in [3.8, 4) is 0 Å². The summed E-state index contributed by atoms with van der Waals surface area (Å²) in [4.78, 5) is 24.4. The van der Waals surface area contributed by atoms with E-state index in [-0.39, 0.29) is 42.2 Å². The number of amides is 2. The molecule has 0 bridgehead atoms. The lowest BCUT2D eigenvalue weighted by Crippen LogP contribution is -2.31. The summed E-state index contributed by atoms with van der Waals surface area (Å²) >= 11 is 0. The van der Waals surface area contributed by atoms with E-state index in [0.717, 1.165) is 24.8 Å². The molecule has 0 unspecified atom stereocenters. The van der Waals surface area contributed by atoms with Crippen LogP contribution in [0.4, 0.5) is 5.69 Å². The Morgan fingerprint density at radius 2 is 2.00 bits per heavy atom. The van der Waals surface area contributed by atoms with Gasteiger partial charge in [-0.2, -0.15) is 0 Å². The van der Waals surface area contributed by atoms with Crippen LogP contribution in [0.1, 0.15) is 55.5 Å². The van der Waals surface area contributed by atoms with E-state index in [0.29, 0.717) is 17.7 Å². The lowest BCUT2D eigenvalue weighted by atomic mass is 9.99. The van der Waals surface area contributed by atoms with Crippen molar-refractivity contribution in [2.75, 3.05) is 5.32 Å². The van der Waals surface area contributed by atoms with Gasteiger partial charge in [0.15, 0.2) is 0 Å². The quantitative estimate of drug-likeness (QED) is 0.760. The molecule has 2 rings (SSSR count). The zero-order chi connectivity index (χ0) is 17.0. The van der Waals surface area contributed by atoms with E-state index >= 15 is 0 Å². The minimum Gasteiger partial charge on any atom is -0.350 e. The summed E-state index contributed by atoms with van der Waals surface area (Å²) in [7, 11) is 0. The van der Waals surface area contributed by atoms with Crippen LogP contribution in [0.5, 0.6) is 0 Å². The third-order valence-electron chi connectivity index (χ3n) is 4.35. The predicted molar refractivity (Wildman–Crippen MR) is 99.6 cm³/mol. The van der Waals surface area contributed by atoms with Crippen molar-refractivity contribution in [2.24, 2.45) is 11.7 Å². The molecule has 0 spiro atoms. The Labute approximate surface area is 150 Å². The van der Waals surface area contributed by atoms with E-state index in [4.69, 9.17) is 5.73 Å². The van der Waals surface area contributed by atoms with Crippen LogP contribution in [0.2, 0.25) is 0 Å². The van der Waals surface area contributed by atoms with Crippen molar-refractivity contribution in [3.05, 3.63) is 29.3 Å². The van der Waals surface area contributed by atoms with Gasteiger partial charge >= 0.3 is 0 Å². The van der Waals surface area contributed by atoms with Gasteiger partial charge < -0.3 is 16.4 Å². The van der Waals surface area contributed by atoms with E-state index in [1.54, 1.807) is 6.07 Å². The molecule has 24 heavy (non-hydrogen) atoms. The van der Waals surface area contributed by atoms with Crippen LogP contribution in [0, 0.1) is 12.8 Å². The summed E-state index contributed by atoms with van der Waals surface area (Å²) in [5, 5.41) is 5.77. The number of anilines is 1. The van der Waals surface area contributed by atoms with Crippen LogP contribution in [0.3, 0.4) is 0 Å². The highest BCUT2D eigenvalue weighted by Gasteiger charge is 2.26. The van der Waals surface area contributed by atoms with Gasteiger partial charge in [-0.25, -0.2) is 0 Å². The van der Waals surface area contributed by atoms with Gasteiger partial charge in [0.25, 0.3) is 5.91 Å². The SMILES string of the molecule is Cc1ccc(NC(=O)C[C@@H]2CCC[C@H]2N)cc1C(=O)NC(C)C.Cl. The number of carbonyl (C=O) groups is 2. The Kier molecular flexibility index (Phi) is 7.70. The maximum Gasteiger partial charge on any atom is 0.251 e. The number of carbonyl (C=O) groups excluding carboxylic acids is 2. The molecule has 0 heterocycles. The molecule has 6 heteroatoms. The molecule has 0 aromatic heterocycles. The fraction of sp³-hybridized carbons (Fsp3) is 0.556. The highest BCUT2D eigenvalue weighted by molar-refractivity contribution is 5.98. The van der Waals surface area contributed by atoms with Crippen LogP contribution in [0.15, 0.2) is 18.2 Å². The Morgan fingerprint density at radius 1 is 1.29 bits per heavy atom. The van der Waals surface area contributed by atoms with Crippen LogP contribution in [-0.2, 0) is 4.79 Å². The number of nitrogens with two attached hydrogens (primary N) is 1. The third-order valence-corrected chi connectivity index (χ3v) is 4.35. The number of rotatable bonds is 5. The molecule has 1 aliphatic rings. The molecule has 0 aliphatic heterocycles. The first-order chi connectivity index (χ1) is 10.9. The molecular formula is C18H28ClN3O2. The topological polar surface area (TPSA) is 84.2 Å². The minimum atomic E-state index is -0.119. The van der Waals surface area contributed by atoms with Crippen molar-refractivity contribution in [2.45, 2.75) is 58.5 Å². The molecule has 2 atom stereocenters. The second-order valence-electron chi connectivity index (χ2n) is 6.77. The molecule has 134 valence electrons. The van der Waals surface area contributed by atoms with Crippen LogP contribution >= 0.6 is 12.4 Å². The summed E-state index contributed by atoms with van der Waals surface area (Å²) < 4.78 is 0. The second-order valence-corrected chi connectivity index (χ2v) is 6.77. The number of benzene rings is 1. The lowest BCUT2D eigenvalue weighted by Gasteiger charge is -2.16. The van der Waals surface area contributed by atoms with Crippen molar-refractivity contribution in [3.63, 3.8) is 0 Å². The van der Waals surface area contributed by atoms with Crippen molar-refractivity contribution < 1.29 is 9.59 Å². The zero-order valence-corrected chi connectivity index (χ0v) is 15.4. The van der Waals surface area contributed by atoms with Gasteiger partial charge in [-0.15, -0.1) is 12.4 Å². The maximum atomic E-state index is 12.2. The standard InChI is InChI=1S/C18H27N3O2.ClH/c1-11(2)20-18(23)15-10-14(8-7-12(15)3)21-17(22)9-13-5-4-6-16(13)19;/h7-8,10-11,13,16H,4-6,9,19H2,1-3H3,(H,20,23)(H,21,22);1H/t13-,16+;/m0./s1. The van der Waals surface area contributed by atoms with Gasteiger partial charge in [-0.05, 0) is 57.2 Å². The molecule has 4 N–H and O–H groups in total. The van der Waals surface area contributed by atoms with Gasteiger partial charge in [0.1, 0.15) is 0 Å². The van der Waals surface area contributed by atoms with E-state index in [1.807, 2.05) is 32.9 Å². The zero-order valence-electron chi connectivity index (χ0n) is 14.6. The molecule has 1 aromatic carbocycles. The summed E-state index contributed by atoms with van der Waals surface area (Å²) in [6, 6.07) is 5.62. The summed E-state index contributed by atoms with van der Waals surface area (Å²) in [6.45, 7) is 5.73. The van der Waals surface area contributed by atoms with Crippen LogP contribution < -0.4 is 16.4 Å². The highest BCUT2D eigenvalue weighted by Crippen LogP contribution is 2.27. The molecule has 5 nitrogen and oxygen atoms in total. The Bertz CT molecular complexity index is 590. The first-order valence-corrected chi connectivity index (χ1v) is 8.33. The van der Waals surface area contributed by atoms with Crippen molar-refractivity contribution in [1.29, 1.82) is 0 Å². The first kappa shape index (κ1) is 20.5. The fourth-order valence-corrected chi connectivity index (χ4v) is 3.05. The van der Waals surface area contributed by atoms with Crippen molar-refractivity contribution >= 4 is 29.9 Å². The Morgan fingerprint density at radius 3 is 2.58 bits per heavy atom. The molecule has 1 fully saturated rings. The summed E-state index contributed by atoms with van der Waals surface area (Å²) in [5.74, 6) is 0.113. The largest absolute Gasteiger partial charge is 0.350 e. The van der Waals surface area contributed by atoms with Gasteiger partial charge in [0, 0.05) is 29.8 Å². The highest BCUT2D eigenvalue weighted by atomic mass is 35.5. The number of nitrogens with one attached hydrogen (secondary N) is 2. The van der Waals surface area contributed by atoms with Crippen LogP contribution in [0.25, 0.3) is 0 Å². The molecule has 0 saturated heterocycles. The van der Waals surface area contributed by atoms with E-state index in [9.17, 15) is 9.59 Å². The van der Waals surface area contributed by atoms with Gasteiger partial charge in [-0.3, -0.25) is 9.59 Å². The predicted octanol–water partition coefficient (Wildman–Crippen LogP) is 3.01. The third kappa shape index (κ3) is 5.49. The average Bonchev–Trinajstić information content (AvgIpc) is 2.85. The van der Waals surface area contributed by atoms with E-state index < -0.39 is 0 Å². The Balaban J connectivity index is 0.00000288. The number of hydrogen-bond acceptors (Lipinski definition) is 3. The van der Waals surface area contributed by atoms with Crippen LogP contribution in [-0.4, -0.2) is 23.9 Å². The normalized spacial score (nSPS) is 19.7. The van der Waals surface area contributed by atoms with Gasteiger partial charge in [-0.1, -0.05) is 12.5 Å². The lowest BCUT2D eigenvalue weighted by molar-refractivity contribution is -0.117. The smallest absolute Gasteiger partial charge is 0.251 e. The monoisotopic (exact) mass is 353 g/mol. The molecule has 1 aliphatic carbocycles. The first-order valence-electron chi connectivity index (χ1n) is 8.33. The molecule has 0 radical (unpaired) electrons. The summed E-state index contributed by atoms with van der Waals surface area (Å²) in [5.41, 5.74) is 8.15. The summed E-state index contributed by atoms with van der Waals surface area (Å²) in [6.07, 6.45) is 3.57. The molecular weight excluding hydrogens is 326 g/mol. The number of aryl methyl sites for hydroxylation is 1. The van der Waals surface area contributed by atoms with Gasteiger partial charge in [0.05, 0.1) is 0 Å². The number of halogens is 1. The van der Waals surface area contributed by atoms with E-state index in [1.165, 1.54) is 0 Å². The molecule has 2 amide bonds. The second kappa shape index (κ2) is 9.04. The molecule has 1 aromatic rings.